The Morgan fingerprint density at radius 2 is 1.54 bits per heavy atom. The van der Waals surface area contributed by atoms with Crippen molar-refractivity contribution in [1.29, 1.82) is 0 Å². The van der Waals surface area contributed by atoms with E-state index in [-0.39, 0.29) is 0 Å². The minimum absolute atomic E-state index is 0.344. The van der Waals surface area contributed by atoms with E-state index in [0.29, 0.717) is 33.2 Å². The van der Waals surface area contributed by atoms with Crippen molar-refractivity contribution in [3.05, 3.63) is 0 Å². The first-order valence-corrected chi connectivity index (χ1v) is 6.83. The van der Waals surface area contributed by atoms with Gasteiger partial charge in [0.15, 0.2) is 0 Å². The van der Waals surface area contributed by atoms with Crippen LogP contribution in [0.25, 0.3) is 0 Å². The van der Waals surface area contributed by atoms with E-state index in [2.05, 4.69) is 31.9 Å². The van der Waals surface area contributed by atoms with Crippen LogP contribution >= 0.6 is 31.9 Å². The lowest BCUT2D eigenvalue weighted by atomic mass is 9.55. The maximum absolute atomic E-state index is 11.9. The van der Waals surface area contributed by atoms with E-state index in [4.69, 9.17) is 0 Å². The molecule has 3 heteroatoms. The molecule has 0 amide bonds. The van der Waals surface area contributed by atoms with Gasteiger partial charge in [-0.15, -0.1) is 0 Å². The number of carbonyl (C=O) groups excluding carboxylic acids is 1. The Labute approximate surface area is 94.9 Å². The fraction of sp³-hybridized carbons (Fsp3) is 0.900. The number of ketones is 1. The summed E-state index contributed by atoms with van der Waals surface area (Å²) in [6, 6.07) is 0. The Bertz CT molecular complexity index is 244. The highest BCUT2D eigenvalue weighted by Crippen LogP contribution is 2.56. The Balaban J connectivity index is 2.01. The number of hydrogen-bond donors (Lipinski definition) is 0. The lowest BCUT2D eigenvalue weighted by molar-refractivity contribution is -0.138. The summed E-state index contributed by atoms with van der Waals surface area (Å²) in [7, 11) is 0. The topological polar surface area (TPSA) is 17.1 Å². The zero-order valence-electron chi connectivity index (χ0n) is 7.25. The predicted octanol–water partition coefficient (Wildman–Crippen LogP) is 2.76. The second-order valence-electron chi connectivity index (χ2n) is 4.74. The standard InChI is InChI=1S/C10H12Br2O/c11-8-5-1-4-2-6(8)10(13)7(3-4)9(5)12/h4-9H,1-3H2/t4?,5?,6-,7+,8-,9+. The summed E-state index contributed by atoms with van der Waals surface area (Å²) >= 11 is 7.42. The molecular formula is C10H12Br2O. The fourth-order valence-corrected chi connectivity index (χ4v) is 5.96. The van der Waals surface area contributed by atoms with Crippen molar-refractivity contribution in [2.75, 3.05) is 0 Å². The van der Waals surface area contributed by atoms with Crippen LogP contribution in [0.4, 0.5) is 0 Å². The van der Waals surface area contributed by atoms with Gasteiger partial charge in [-0.2, -0.15) is 0 Å². The van der Waals surface area contributed by atoms with Crippen molar-refractivity contribution in [2.24, 2.45) is 23.7 Å². The van der Waals surface area contributed by atoms with Crippen molar-refractivity contribution in [3.63, 3.8) is 0 Å². The molecular weight excluding hydrogens is 296 g/mol. The SMILES string of the molecule is O=C1[C@H]2CC3CC([C@@H](Br)[C@H]1C3)[C@@H]2Br. The Kier molecular flexibility index (Phi) is 1.93. The molecule has 0 aromatic rings. The summed E-state index contributed by atoms with van der Waals surface area (Å²) in [6.45, 7) is 0. The van der Waals surface area contributed by atoms with Crippen LogP contribution in [0.2, 0.25) is 0 Å². The van der Waals surface area contributed by atoms with E-state index >= 15 is 0 Å². The van der Waals surface area contributed by atoms with Gasteiger partial charge in [0.05, 0.1) is 0 Å². The molecule has 0 aromatic carbocycles. The second kappa shape index (κ2) is 2.82. The molecule has 4 rings (SSSR count). The van der Waals surface area contributed by atoms with Crippen molar-refractivity contribution in [1.82, 2.24) is 0 Å². The van der Waals surface area contributed by atoms with Crippen LogP contribution in [0.5, 0.6) is 0 Å². The van der Waals surface area contributed by atoms with Gasteiger partial charge in [0.25, 0.3) is 0 Å². The molecule has 4 saturated carbocycles. The first-order valence-electron chi connectivity index (χ1n) is 5.00. The second-order valence-corrected chi connectivity index (χ2v) is 6.86. The van der Waals surface area contributed by atoms with Gasteiger partial charge in [-0.05, 0) is 31.1 Å². The number of rotatable bonds is 0. The number of hydrogen-bond acceptors (Lipinski definition) is 1. The van der Waals surface area contributed by atoms with E-state index in [1.54, 1.807) is 0 Å². The van der Waals surface area contributed by atoms with Gasteiger partial charge in [0.2, 0.25) is 0 Å². The molecule has 0 aromatic heterocycles. The molecule has 0 spiro atoms. The van der Waals surface area contributed by atoms with Gasteiger partial charge >= 0.3 is 0 Å². The highest BCUT2D eigenvalue weighted by atomic mass is 79.9. The molecule has 1 nitrogen and oxygen atoms in total. The van der Waals surface area contributed by atoms with Crippen molar-refractivity contribution in [3.8, 4) is 0 Å². The van der Waals surface area contributed by atoms with E-state index in [1.807, 2.05) is 0 Å². The molecule has 4 fully saturated rings. The van der Waals surface area contributed by atoms with Crippen LogP contribution < -0.4 is 0 Å². The molecule has 4 aliphatic carbocycles. The zero-order valence-corrected chi connectivity index (χ0v) is 10.4. The lowest BCUT2D eigenvalue weighted by Gasteiger charge is -2.54. The number of Topliss-reactive ketones (excluding diaryl/α,β-unsaturated/α-hetero) is 1. The third kappa shape index (κ3) is 1.06. The third-order valence-electron chi connectivity index (χ3n) is 4.10. The zero-order chi connectivity index (χ0) is 9.16. The van der Waals surface area contributed by atoms with Crippen LogP contribution in [-0.2, 0) is 4.79 Å². The lowest BCUT2D eigenvalue weighted by Crippen LogP contribution is -2.57. The summed E-state index contributed by atoms with van der Waals surface area (Å²) in [4.78, 5) is 12.8. The molecule has 13 heavy (non-hydrogen) atoms. The van der Waals surface area contributed by atoms with Gasteiger partial charge in [-0.1, -0.05) is 31.9 Å². The smallest absolute Gasteiger partial charge is 0.141 e. The molecule has 2 unspecified atom stereocenters. The molecule has 0 aliphatic heterocycles. The highest BCUT2D eigenvalue weighted by Gasteiger charge is 2.56. The number of carbonyl (C=O) groups is 1. The largest absolute Gasteiger partial charge is 0.299 e. The van der Waals surface area contributed by atoms with Crippen LogP contribution in [0.15, 0.2) is 0 Å². The molecule has 4 bridgehead atoms. The quantitative estimate of drug-likeness (QED) is 0.629. The van der Waals surface area contributed by atoms with Crippen LogP contribution in [-0.4, -0.2) is 15.4 Å². The minimum atomic E-state index is 0.344. The van der Waals surface area contributed by atoms with Crippen LogP contribution in [0.3, 0.4) is 0 Å². The summed E-state index contributed by atoms with van der Waals surface area (Å²) in [6.07, 6.45) is 3.63. The average molecular weight is 308 g/mol. The average Bonchev–Trinajstić information content (AvgIpc) is 2.12. The van der Waals surface area contributed by atoms with Gasteiger partial charge in [0, 0.05) is 21.5 Å². The van der Waals surface area contributed by atoms with Crippen molar-refractivity contribution in [2.45, 2.75) is 28.9 Å². The number of alkyl halides is 2. The molecule has 0 radical (unpaired) electrons. The van der Waals surface area contributed by atoms with Gasteiger partial charge in [0.1, 0.15) is 5.78 Å². The summed E-state index contributed by atoms with van der Waals surface area (Å²) in [5, 5.41) is 0. The maximum atomic E-state index is 11.9. The van der Waals surface area contributed by atoms with Gasteiger partial charge in [-0.3, -0.25) is 4.79 Å². The Morgan fingerprint density at radius 1 is 1.00 bits per heavy atom. The third-order valence-corrected chi connectivity index (χ3v) is 6.73. The minimum Gasteiger partial charge on any atom is -0.299 e. The van der Waals surface area contributed by atoms with E-state index in [1.165, 1.54) is 6.42 Å². The van der Waals surface area contributed by atoms with E-state index in [0.717, 1.165) is 18.8 Å². The van der Waals surface area contributed by atoms with Gasteiger partial charge in [-0.25, -0.2) is 0 Å². The predicted molar refractivity (Wildman–Crippen MR) is 58.2 cm³/mol. The maximum Gasteiger partial charge on any atom is 0.141 e. The van der Waals surface area contributed by atoms with E-state index < -0.39 is 0 Å². The normalized spacial score (nSPS) is 58.8. The molecule has 6 atom stereocenters. The summed E-state index contributed by atoms with van der Waals surface area (Å²) < 4.78 is 0. The van der Waals surface area contributed by atoms with Gasteiger partial charge < -0.3 is 0 Å². The fourth-order valence-electron chi connectivity index (χ4n) is 3.51. The molecule has 0 N–H and O–H groups in total. The molecule has 0 saturated heterocycles. The van der Waals surface area contributed by atoms with Crippen molar-refractivity contribution >= 4 is 37.6 Å². The first kappa shape index (κ1) is 8.90. The summed E-state index contributed by atoms with van der Waals surface area (Å²) in [5.74, 6) is 2.77. The Morgan fingerprint density at radius 3 is 2.08 bits per heavy atom. The van der Waals surface area contributed by atoms with Crippen LogP contribution in [0, 0.1) is 23.7 Å². The Hall–Kier alpha value is 0.630. The monoisotopic (exact) mass is 306 g/mol. The molecule has 0 heterocycles. The van der Waals surface area contributed by atoms with E-state index in [9.17, 15) is 4.79 Å². The summed E-state index contributed by atoms with van der Waals surface area (Å²) in [5.41, 5.74) is 0. The molecule has 72 valence electrons. The first-order chi connectivity index (χ1) is 6.18. The van der Waals surface area contributed by atoms with Crippen molar-refractivity contribution < 1.29 is 4.79 Å². The highest BCUT2D eigenvalue weighted by molar-refractivity contribution is 9.10. The number of halogens is 2. The van der Waals surface area contributed by atoms with Crippen LogP contribution in [0.1, 0.15) is 19.3 Å². The molecule has 4 aliphatic rings.